The van der Waals surface area contributed by atoms with Crippen molar-refractivity contribution in [2.75, 3.05) is 5.32 Å². The fraction of sp³-hybridized carbons (Fsp3) is 0.250. The Morgan fingerprint density at radius 2 is 2.38 bits per heavy atom. The van der Waals surface area contributed by atoms with E-state index < -0.39 is 4.92 Å². The van der Waals surface area contributed by atoms with E-state index in [4.69, 9.17) is 4.42 Å². The lowest BCUT2D eigenvalue weighted by atomic mass is 10.6. The van der Waals surface area contributed by atoms with Crippen LogP contribution in [0.5, 0.6) is 0 Å². The number of rotatable bonds is 4. The number of anilines is 1. The van der Waals surface area contributed by atoms with E-state index in [2.05, 4.69) is 15.3 Å². The molecular weight excluding hydrogens is 232 g/mol. The van der Waals surface area contributed by atoms with E-state index >= 15 is 0 Å². The maximum absolute atomic E-state index is 10.4. The topological polar surface area (TPSA) is 94.1 Å². The van der Waals surface area contributed by atoms with Crippen molar-refractivity contribution in [2.45, 2.75) is 13.5 Å². The summed E-state index contributed by atoms with van der Waals surface area (Å²) in [5, 5.41) is 13.8. The van der Waals surface area contributed by atoms with Crippen LogP contribution in [-0.4, -0.2) is 14.9 Å². The molecule has 7 nitrogen and oxygen atoms in total. The Balaban J connectivity index is 1.97. The summed E-state index contributed by atoms with van der Waals surface area (Å²) in [7, 11) is 0. The Morgan fingerprint density at radius 1 is 1.56 bits per heavy atom. The van der Waals surface area contributed by atoms with Crippen molar-refractivity contribution in [1.29, 1.82) is 0 Å². The van der Waals surface area contributed by atoms with Crippen molar-refractivity contribution >= 4 is 21.5 Å². The van der Waals surface area contributed by atoms with Gasteiger partial charge in [0.2, 0.25) is 5.89 Å². The Morgan fingerprint density at radius 3 is 2.94 bits per heavy atom. The molecular formula is C8H8N4O3S. The zero-order valence-corrected chi connectivity index (χ0v) is 9.15. The third-order valence-electron chi connectivity index (χ3n) is 1.73. The highest BCUT2D eigenvalue weighted by Gasteiger charge is 2.11. The zero-order chi connectivity index (χ0) is 11.5. The Hall–Kier alpha value is -1.96. The minimum atomic E-state index is -0.474. The number of hydrogen-bond donors (Lipinski definition) is 1. The molecule has 8 heteroatoms. The fourth-order valence-electron chi connectivity index (χ4n) is 1.07. The highest BCUT2D eigenvalue weighted by Crippen LogP contribution is 2.25. The SMILES string of the molecule is Cc1cnc(CNc2ncc([N+](=O)[O-])s2)o1. The molecule has 2 rings (SSSR count). The van der Waals surface area contributed by atoms with Crippen LogP contribution in [-0.2, 0) is 6.54 Å². The molecule has 0 aliphatic carbocycles. The first-order valence-corrected chi connectivity index (χ1v) is 5.22. The lowest BCUT2D eigenvalue weighted by Crippen LogP contribution is -1.98. The van der Waals surface area contributed by atoms with Gasteiger partial charge in [-0.25, -0.2) is 9.97 Å². The highest BCUT2D eigenvalue weighted by atomic mass is 32.1. The van der Waals surface area contributed by atoms with Crippen molar-refractivity contribution in [3.63, 3.8) is 0 Å². The second-order valence-corrected chi connectivity index (χ2v) is 3.99. The minimum Gasteiger partial charge on any atom is -0.444 e. The molecule has 0 aliphatic rings. The van der Waals surface area contributed by atoms with Crippen LogP contribution in [0.2, 0.25) is 0 Å². The first-order chi connectivity index (χ1) is 7.65. The predicted molar refractivity (Wildman–Crippen MR) is 57.3 cm³/mol. The Kier molecular flexibility index (Phi) is 2.82. The molecule has 1 N–H and O–H groups in total. The van der Waals surface area contributed by atoms with E-state index in [1.165, 1.54) is 6.20 Å². The van der Waals surface area contributed by atoms with Crippen LogP contribution in [0.4, 0.5) is 10.1 Å². The molecule has 0 amide bonds. The van der Waals surface area contributed by atoms with Crippen molar-refractivity contribution in [3.05, 3.63) is 34.2 Å². The molecule has 0 bridgehead atoms. The van der Waals surface area contributed by atoms with Crippen LogP contribution >= 0.6 is 11.3 Å². The molecule has 16 heavy (non-hydrogen) atoms. The second kappa shape index (κ2) is 4.27. The summed E-state index contributed by atoms with van der Waals surface area (Å²) in [5.74, 6) is 1.25. The summed E-state index contributed by atoms with van der Waals surface area (Å²) in [4.78, 5) is 17.8. The number of nitro groups is 1. The van der Waals surface area contributed by atoms with Crippen molar-refractivity contribution < 1.29 is 9.34 Å². The monoisotopic (exact) mass is 240 g/mol. The zero-order valence-electron chi connectivity index (χ0n) is 8.34. The van der Waals surface area contributed by atoms with Gasteiger partial charge in [-0.1, -0.05) is 0 Å². The molecule has 0 atom stereocenters. The number of oxazole rings is 1. The molecule has 84 valence electrons. The van der Waals surface area contributed by atoms with E-state index in [0.717, 1.165) is 17.1 Å². The summed E-state index contributed by atoms with van der Waals surface area (Å²) in [5.41, 5.74) is 0. The smallest absolute Gasteiger partial charge is 0.345 e. The summed E-state index contributed by atoms with van der Waals surface area (Å²) in [6.45, 7) is 2.16. The summed E-state index contributed by atoms with van der Waals surface area (Å²) >= 11 is 0.976. The van der Waals surface area contributed by atoms with Gasteiger partial charge in [-0.2, -0.15) is 0 Å². The number of nitrogens with zero attached hydrogens (tertiary/aromatic N) is 3. The van der Waals surface area contributed by atoms with Gasteiger partial charge in [0.05, 0.1) is 17.7 Å². The van der Waals surface area contributed by atoms with Gasteiger partial charge in [0.15, 0.2) is 5.13 Å². The lowest BCUT2D eigenvalue weighted by Gasteiger charge is -1.96. The van der Waals surface area contributed by atoms with Gasteiger partial charge in [0.25, 0.3) is 0 Å². The van der Waals surface area contributed by atoms with Crippen molar-refractivity contribution in [1.82, 2.24) is 9.97 Å². The molecule has 0 fully saturated rings. The molecule has 2 aromatic heterocycles. The van der Waals surface area contributed by atoms with Gasteiger partial charge in [0, 0.05) is 0 Å². The van der Waals surface area contributed by atoms with Gasteiger partial charge >= 0.3 is 5.00 Å². The maximum atomic E-state index is 10.4. The summed E-state index contributed by atoms with van der Waals surface area (Å²) in [6, 6.07) is 0. The average molecular weight is 240 g/mol. The van der Waals surface area contributed by atoms with Gasteiger partial charge in [-0.3, -0.25) is 10.1 Å². The van der Waals surface area contributed by atoms with E-state index in [0.29, 0.717) is 17.6 Å². The Labute approximate surface area is 94.3 Å². The van der Waals surface area contributed by atoms with Gasteiger partial charge in [-0.05, 0) is 18.3 Å². The predicted octanol–water partition coefficient (Wildman–Crippen LogP) is 1.96. The van der Waals surface area contributed by atoms with Crippen LogP contribution in [0.25, 0.3) is 0 Å². The average Bonchev–Trinajstić information content (AvgIpc) is 2.83. The molecule has 0 radical (unpaired) electrons. The van der Waals surface area contributed by atoms with Gasteiger partial charge < -0.3 is 9.73 Å². The van der Waals surface area contributed by atoms with E-state index in [9.17, 15) is 10.1 Å². The van der Waals surface area contributed by atoms with Crippen molar-refractivity contribution in [3.8, 4) is 0 Å². The quantitative estimate of drug-likeness (QED) is 0.648. The van der Waals surface area contributed by atoms with Crippen LogP contribution < -0.4 is 5.32 Å². The molecule has 0 saturated heterocycles. The molecule has 2 aromatic rings. The van der Waals surface area contributed by atoms with Crippen LogP contribution in [0, 0.1) is 17.0 Å². The van der Waals surface area contributed by atoms with Crippen LogP contribution in [0.3, 0.4) is 0 Å². The number of aryl methyl sites for hydroxylation is 1. The largest absolute Gasteiger partial charge is 0.444 e. The van der Waals surface area contributed by atoms with Crippen molar-refractivity contribution in [2.24, 2.45) is 0 Å². The third-order valence-corrected chi connectivity index (χ3v) is 2.64. The third kappa shape index (κ3) is 2.34. The highest BCUT2D eigenvalue weighted by molar-refractivity contribution is 7.18. The lowest BCUT2D eigenvalue weighted by molar-refractivity contribution is -0.380. The molecule has 0 aliphatic heterocycles. The van der Waals surface area contributed by atoms with E-state index in [1.807, 2.05) is 0 Å². The fourth-order valence-corrected chi connectivity index (χ4v) is 1.69. The van der Waals surface area contributed by atoms with E-state index in [1.54, 1.807) is 13.1 Å². The normalized spacial score (nSPS) is 10.3. The number of hydrogen-bond acceptors (Lipinski definition) is 7. The number of thiazole rings is 1. The molecule has 0 unspecified atom stereocenters. The Bertz CT molecular complexity index is 507. The minimum absolute atomic E-state index is 0.00563. The molecule has 2 heterocycles. The van der Waals surface area contributed by atoms with Crippen LogP contribution in [0.1, 0.15) is 11.7 Å². The van der Waals surface area contributed by atoms with Crippen LogP contribution in [0.15, 0.2) is 16.8 Å². The van der Waals surface area contributed by atoms with Gasteiger partial charge in [-0.15, -0.1) is 0 Å². The van der Waals surface area contributed by atoms with Gasteiger partial charge in [0.1, 0.15) is 12.0 Å². The summed E-state index contributed by atoms with van der Waals surface area (Å²) < 4.78 is 5.23. The summed E-state index contributed by atoms with van der Waals surface area (Å²) in [6.07, 6.45) is 2.83. The first-order valence-electron chi connectivity index (χ1n) is 4.40. The molecule has 0 saturated carbocycles. The molecule has 0 spiro atoms. The maximum Gasteiger partial charge on any atom is 0.345 e. The number of nitrogens with one attached hydrogen (secondary N) is 1. The first kappa shape index (κ1) is 10.6. The second-order valence-electron chi connectivity index (χ2n) is 2.98. The molecule has 0 aromatic carbocycles. The standard InChI is InChI=1S/C8H8N4O3S/c1-5-2-9-6(15-5)3-10-8-11-4-7(16-8)12(13)14/h2,4H,3H2,1H3,(H,10,11). The van der Waals surface area contributed by atoms with E-state index in [-0.39, 0.29) is 5.00 Å². The number of aromatic nitrogens is 2.